The molecule has 3 nitrogen and oxygen atoms in total. The summed E-state index contributed by atoms with van der Waals surface area (Å²) in [4.78, 5) is 15.8. The SMILES string of the molecule is O=C(O)CCc1cnc(Cc2ccc(Cl)cc2)s1. The van der Waals surface area contributed by atoms with Crippen molar-refractivity contribution >= 4 is 28.9 Å². The van der Waals surface area contributed by atoms with E-state index in [-0.39, 0.29) is 6.42 Å². The Kier molecular flexibility index (Phi) is 4.33. The van der Waals surface area contributed by atoms with E-state index in [9.17, 15) is 4.79 Å². The Hall–Kier alpha value is -1.39. The predicted octanol–water partition coefficient (Wildman–Crippen LogP) is 3.40. The van der Waals surface area contributed by atoms with Crippen LogP contribution >= 0.6 is 22.9 Å². The molecule has 18 heavy (non-hydrogen) atoms. The van der Waals surface area contributed by atoms with Crippen LogP contribution in [0.2, 0.25) is 5.02 Å². The van der Waals surface area contributed by atoms with Crippen LogP contribution in [0.25, 0.3) is 0 Å². The van der Waals surface area contributed by atoms with E-state index in [1.54, 1.807) is 17.5 Å². The third-order valence-electron chi connectivity index (χ3n) is 2.46. The zero-order valence-electron chi connectivity index (χ0n) is 9.60. The van der Waals surface area contributed by atoms with E-state index in [2.05, 4.69) is 4.98 Å². The van der Waals surface area contributed by atoms with Gasteiger partial charge in [0.05, 0.1) is 11.4 Å². The van der Waals surface area contributed by atoms with Crippen molar-refractivity contribution in [3.8, 4) is 0 Å². The van der Waals surface area contributed by atoms with Crippen LogP contribution in [0.15, 0.2) is 30.5 Å². The quantitative estimate of drug-likeness (QED) is 0.914. The van der Waals surface area contributed by atoms with Gasteiger partial charge in [0.1, 0.15) is 0 Å². The van der Waals surface area contributed by atoms with Crippen LogP contribution < -0.4 is 0 Å². The molecule has 5 heteroatoms. The van der Waals surface area contributed by atoms with E-state index >= 15 is 0 Å². The molecule has 0 aliphatic heterocycles. The maximum Gasteiger partial charge on any atom is 0.303 e. The monoisotopic (exact) mass is 281 g/mol. The van der Waals surface area contributed by atoms with Gasteiger partial charge in [-0.3, -0.25) is 4.79 Å². The van der Waals surface area contributed by atoms with Crippen LogP contribution in [0.1, 0.15) is 21.9 Å². The number of hydrogen-bond donors (Lipinski definition) is 1. The molecule has 0 fully saturated rings. The number of halogens is 1. The second-order valence-corrected chi connectivity index (χ2v) is 5.55. The number of aryl methyl sites for hydroxylation is 1. The molecule has 0 aliphatic rings. The first-order chi connectivity index (χ1) is 8.63. The lowest BCUT2D eigenvalue weighted by Crippen LogP contribution is -1.95. The third-order valence-corrected chi connectivity index (χ3v) is 3.76. The maximum atomic E-state index is 10.5. The summed E-state index contributed by atoms with van der Waals surface area (Å²) in [5.74, 6) is -0.775. The second kappa shape index (κ2) is 5.98. The summed E-state index contributed by atoms with van der Waals surface area (Å²) < 4.78 is 0. The average Bonchev–Trinajstić information content (AvgIpc) is 2.77. The molecule has 2 aromatic rings. The number of aliphatic carboxylic acids is 1. The maximum absolute atomic E-state index is 10.5. The smallest absolute Gasteiger partial charge is 0.303 e. The molecule has 0 unspecified atom stereocenters. The number of benzene rings is 1. The second-order valence-electron chi connectivity index (χ2n) is 3.92. The summed E-state index contributed by atoms with van der Waals surface area (Å²) in [6, 6.07) is 7.66. The van der Waals surface area contributed by atoms with E-state index in [1.165, 1.54) is 0 Å². The molecule has 1 aromatic carbocycles. The molecular formula is C13H12ClNO2S. The van der Waals surface area contributed by atoms with Gasteiger partial charge in [0.2, 0.25) is 0 Å². The molecule has 0 saturated heterocycles. The van der Waals surface area contributed by atoms with Gasteiger partial charge in [-0.15, -0.1) is 11.3 Å². The van der Waals surface area contributed by atoms with Crippen molar-refractivity contribution in [2.75, 3.05) is 0 Å². The minimum Gasteiger partial charge on any atom is -0.481 e. The molecule has 1 aromatic heterocycles. The number of carboxylic acids is 1. The Morgan fingerprint density at radius 3 is 2.72 bits per heavy atom. The van der Waals surface area contributed by atoms with Crippen molar-refractivity contribution in [1.82, 2.24) is 4.98 Å². The molecule has 1 heterocycles. The largest absolute Gasteiger partial charge is 0.481 e. The molecule has 1 N–H and O–H groups in total. The van der Waals surface area contributed by atoms with Crippen LogP contribution in [0.4, 0.5) is 0 Å². The molecule has 0 bridgehead atoms. The van der Waals surface area contributed by atoms with Crippen molar-refractivity contribution < 1.29 is 9.90 Å². The van der Waals surface area contributed by atoms with Crippen LogP contribution in [-0.2, 0) is 17.6 Å². The van der Waals surface area contributed by atoms with Crippen molar-refractivity contribution in [2.45, 2.75) is 19.3 Å². The van der Waals surface area contributed by atoms with E-state index in [0.717, 1.165) is 26.9 Å². The molecular weight excluding hydrogens is 270 g/mol. The Bertz CT molecular complexity index is 536. The Labute approximate surface area is 114 Å². The van der Waals surface area contributed by atoms with Crippen molar-refractivity contribution in [1.29, 1.82) is 0 Å². The number of nitrogens with zero attached hydrogens (tertiary/aromatic N) is 1. The van der Waals surface area contributed by atoms with Gasteiger partial charge in [0, 0.05) is 22.5 Å². The fraction of sp³-hybridized carbons (Fsp3) is 0.231. The standard InChI is InChI=1S/C13H12ClNO2S/c14-10-3-1-9(2-4-10)7-12-15-8-11(18-12)5-6-13(16)17/h1-4,8H,5-7H2,(H,16,17). The Balaban J connectivity index is 1.97. The van der Waals surface area contributed by atoms with E-state index in [4.69, 9.17) is 16.7 Å². The molecule has 0 saturated carbocycles. The molecule has 0 atom stereocenters. The number of thiazole rings is 1. The summed E-state index contributed by atoms with van der Waals surface area (Å²) in [5.41, 5.74) is 1.15. The van der Waals surface area contributed by atoms with Gasteiger partial charge in [0.15, 0.2) is 0 Å². The van der Waals surface area contributed by atoms with E-state index in [0.29, 0.717) is 6.42 Å². The predicted molar refractivity (Wildman–Crippen MR) is 72.3 cm³/mol. The van der Waals surface area contributed by atoms with Crippen molar-refractivity contribution in [3.63, 3.8) is 0 Å². The lowest BCUT2D eigenvalue weighted by molar-refractivity contribution is -0.136. The van der Waals surface area contributed by atoms with Gasteiger partial charge in [-0.05, 0) is 24.1 Å². The summed E-state index contributed by atoms with van der Waals surface area (Å²) in [5, 5.41) is 10.3. The Morgan fingerprint density at radius 2 is 2.06 bits per heavy atom. The molecule has 2 rings (SSSR count). The van der Waals surface area contributed by atoms with Crippen LogP contribution in [0.3, 0.4) is 0 Å². The lowest BCUT2D eigenvalue weighted by atomic mass is 10.2. The highest BCUT2D eigenvalue weighted by molar-refractivity contribution is 7.11. The van der Waals surface area contributed by atoms with Crippen LogP contribution in [0, 0.1) is 0 Å². The van der Waals surface area contributed by atoms with E-state index in [1.807, 2.05) is 24.3 Å². The molecule has 0 aliphatic carbocycles. The highest BCUT2D eigenvalue weighted by atomic mass is 35.5. The fourth-order valence-corrected chi connectivity index (χ4v) is 2.63. The topological polar surface area (TPSA) is 50.2 Å². The number of aromatic nitrogens is 1. The summed E-state index contributed by atoms with van der Waals surface area (Å²) in [6.07, 6.45) is 3.23. The molecule has 94 valence electrons. The minimum absolute atomic E-state index is 0.155. The zero-order valence-corrected chi connectivity index (χ0v) is 11.2. The number of rotatable bonds is 5. The summed E-state index contributed by atoms with van der Waals surface area (Å²) in [7, 11) is 0. The fourth-order valence-electron chi connectivity index (χ4n) is 1.55. The van der Waals surface area contributed by atoms with E-state index < -0.39 is 5.97 Å². The average molecular weight is 282 g/mol. The number of hydrogen-bond acceptors (Lipinski definition) is 3. The number of carbonyl (C=O) groups is 1. The molecule has 0 amide bonds. The van der Waals surface area contributed by atoms with Gasteiger partial charge in [-0.1, -0.05) is 23.7 Å². The highest BCUT2D eigenvalue weighted by Gasteiger charge is 2.05. The van der Waals surface area contributed by atoms with Gasteiger partial charge in [-0.2, -0.15) is 0 Å². The zero-order chi connectivity index (χ0) is 13.0. The van der Waals surface area contributed by atoms with Crippen molar-refractivity contribution in [2.24, 2.45) is 0 Å². The number of carboxylic acid groups (broad SMARTS) is 1. The van der Waals surface area contributed by atoms with Crippen molar-refractivity contribution in [3.05, 3.63) is 50.9 Å². The van der Waals surface area contributed by atoms with Crippen LogP contribution in [-0.4, -0.2) is 16.1 Å². The summed E-state index contributed by atoms with van der Waals surface area (Å²) >= 11 is 7.39. The van der Waals surface area contributed by atoms with Crippen LogP contribution in [0.5, 0.6) is 0 Å². The first kappa shape index (κ1) is 13.1. The minimum atomic E-state index is -0.775. The Morgan fingerprint density at radius 1 is 1.33 bits per heavy atom. The highest BCUT2D eigenvalue weighted by Crippen LogP contribution is 2.19. The summed E-state index contributed by atoms with van der Waals surface area (Å²) in [6.45, 7) is 0. The molecule has 0 spiro atoms. The first-order valence-electron chi connectivity index (χ1n) is 5.53. The van der Waals surface area contributed by atoms with Gasteiger partial charge >= 0.3 is 5.97 Å². The van der Waals surface area contributed by atoms with Gasteiger partial charge in [0.25, 0.3) is 0 Å². The van der Waals surface area contributed by atoms with Gasteiger partial charge in [-0.25, -0.2) is 4.98 Å². The molecule has 0 radical (unpaired) electrons. The lowest BCUT2D eigenvalue weighted by Gasteiger charge is -1.97. The van der Waals surface area contributed by atoms with Gasteiger partial charge < -0.3 is 5.11 Å². The normalized spacial score (nSPS) is 10.5. The third kappa shape index (κ3) is 3.82. The first-order valence-corrected chi connectivity index (χ1v) is 6.73.